The van der Waals surface area contributed by atoms with Crippen LogP contribution in [0.25, 0.3) is 0 Å². The normalized spacial score (nSPS) is 13.8. The summed E-state index contributed by atoms with van der Waals surface area (Å²) in [4.78, 5) is 18.9. The van der Waals surface area contributed by atoms with E-state index in [-0.39, 0.29) is 5.91 Å². The molecule has 1 aromatic carbocycles. The van der Waals surface area contributed by atoms with E-state index in [9.17, 15) is 4.79 Å². The summed E-state index contributed by atoms with van der Waals surface area (Å²) in [6, 6.07) is 11.6. The number of methoxy groups -OCH3 is 1. The quantitative estimate of drug-likeness (QED) is 0.887. The Kier molecular flexibility index (Phi) is 5.31. The monoisotopic (exact) mass is 325 g/mol. The molecular formula is C19H23N3O2. The molecule has 0 bridgehead atoms. The van der Waals surface area contributed by atoms with Gasteiger partial charge in [-0.2, -0.15) is 0 Å². The fraction of sp³-hybridized carbons (Fsp3) is 0.368. The van der Waals surface area contributed by atoms with Crippen molar-refractivity contribution >= 4 is 11.7 Å². The number of hydrogen-bond acceptors (Lipinski definition) is 4. The molecule has 0 saturated carbocycles. The number of pyridine rings is 1. The summed E-state index contributed by atoms with van der Waals surface area (Å²) < 4.78 is 5.18. The highest BCUT2D eigenvalue weighted by Crippen LogP contribution is 2.17. The summed E-state index contributed by atoms with van der Waals surface area (Å²) in [6.45, 7) is 2.67. The van der Waals surface area contributed by atoms with E-state index < -0.39 is 0 Å². The number of carbonyl (C=O) groups is 1. The maximum Gasteiger partial charge on any atom is 0.224 e. The Hall–Kier alpha value is -2.56. The molecule has 1 aliphatic heterocycles. The van der Waals surface area contributed by atoms with Crippen LogP contribution < -0.4 is 15.0 Å². The van der Waals surface area contributed by atoms with Gasteiger partial charge in [0.05, 0.1) is 13.5 Å². The zero-order valence-corrected chi connectivity index (χ0v) is 14.0. The van der Waals surface area contributed by atoms with Crippen LogP contribution in [-0.4, -0.2) is 31.1 Å². The van der Waals surface area contributed by atoms with Gasteiger partial charge in [0.25, 0.3) is 0 Å². The number of ether oxygens (including phenoxy) is 1. The number of hydrogen-bond donors (Lipinski definition) is 1. The average molecular weight is 325 g/mol. The number of nitrogens with zero attached hydrogens (tertiary/aromatic N) is 2. The van der Waals surface area contributed by atoms with Gasteiger partial charge < -0.3 is 15.0 Å². The molecule has 126 valence electrons. The molecule has 1 fully saturated rings. The lowest BCUT2D eigenvalue weighted by atomic mass is 10.1. The topological polar surface area (TPSA) is 54.5 Å². The molecule has 0 radical (unpaired) electrons. The summed E-state index contributed by atoms with van der Waals surface area (Å²) in [7, 11) is 1.62. The number of amides is 1. The summed E-state index contributed by atoms with van der Waals surface area (Å²) in [5.74, 6) is 1.79. The van der Waals surface area contributed by atoms with Crippen molar-refractivity contribution in [2.45, 2.75) is 25.8 Å². The third-order valence-corrected chi connectivity index (χ3v) is 4.23. The highest BCUT2D eigenvalue weighted by atomic mass is 16.5. The maximum absolute atomic E-state index is 12.1. The van der Waals surface area contributed by atoms with Crippen molar-refractivity contribution in [3.63, 3.8) is 0 Å². The molecule has 1 aromatic heterocycles. The predicted molar refractivity (Wildman–Crippen MR) is 94.2 cm³/mol. The summed E-state index contributed by atoms with van der Waals surface area (Å²) >= 11 is 0. The highest BCUT2D eigenvalue weighted by Gasteiger charge is 2.13. The molecule has 1 saturated heterocycles. The molecule has 24 heavy (non-hydrogen) atoms. The van der Waals surface area contributed by atoms with Gasteiger partial charge >= 0.3 is 0 Å². The van der Waals surface area contributed by atoms with E-state index >= 15 is 0 Å². The molecule has 5 heteroatoms. The van der Waals surface area contributed by atoms with Crippen molar-refractivity contribution in [2.75, 3.05) is 25.1 Å². The van der Waals surface area contributed by atoms with Crippen LogP contribution >= 0.6 is 0 Å². The second-order valence-corrected chi connectivity index (χ2v) is 6.02. The first-order chi connectivity index (χ1) is 11.7. The van der Waals surface area contributed by atoms with Gasteiger partial charge in [0.15, 0.2) is 0 Å². The second-order valence-electron chi connectivity index (χ2n) is 6.02. The smallest absolute Gasteiger partial charge is 0.224 e. The fourth-order valence-electron chi connectivity index (χ4n) is 2.89. The standard InChI is InChI=1S/C19H23N3O2/c1-24-17-6-4-5-15(11-17)12-19(23)21-14-16-7-8-18(20-13-16)22-9-2-3-10-22/h4-8,11,13H,2-3,9-10,12,14H2,1H3,(H,21,23). The molecule has 5 nitrogen and oxygen atoms in total. The number of carbonyl (C=O) groups excluding carboxylic acids is 1. The Morgan fingerprint density at radius 2 is 2.04 bits per heavy atom. The molecule has 2 heterocycles. The number of aromatic nitrogens is 1. The largest absolute Gasteiger partial charge is 0.497 e. The van der Waals surface area contributed by atoms with Crippen molar-refractivity contribution in [1.29, 1.82) is 0 Å². The summed E-state index contributed by atoms with van der Waals surface area (Å²) in [5.41, 5.74) is 1.95. The number of nitrogens with one attached hydrogen (secondary N) is 1. The first-order valence-electron chi connectivity index (χ1n) is 8.34. The predicted octanol–water partition coefficient (Wildman–Crippen LogP) is 2.55. The van der Waals surface area contributed by atoms with Crippen molar-refractivity contribution < 1.29 is 9.53 Å². The minimum atomic E-state index is -0.00753. The van der Waals surface area contributed by atoms with E-state index in [1.807, 2.05) is 42.6 Å². The van der Waals surface area contributed by atoms with E-state index in [0.717, 1.165) is 35.8 Å². The Labute approximate surface area is 142 Å². The number of benzene rings is 1. The Morgan fingerprint density at radius 1 is 1.21 bits per heavy atom. The van der Waals surface area contributed by atoms with E-state index in [0.29, 0.717) is 13.0 Å². The molecule has 1 amide bonds. The maximum atomic E-state index is 12.1. The van der Waals surface area contributed by atoms with E-state index in [2.05, 4.69) is 15.2 Å². The van der Waals surface area contributed by atoms with Crippen LogP contribution in [0.1, 0.15) is 24.0 Å². The first kappa shape index (κ1) is 16.3. The lowest BCUT2D eigenvalue weighted by Gasteiger charge is -2.16. The second kappa shape index (κ2) is 7.81. The van der Waals surface area contributed by atoms with Crippen molar-refractivity contribution in [2.24, 2.45) is 0 Å². The van der Waals surface area contributed by atoms with E-state index in [1.165, 1.54) is 12.8 Å². The van der Waals surface area contributed by atoms with E-state index in [4.69, 9.17) is 4.74 Å². The molecule has 0 spiro atoms. The van der Waals surface area contributed by atoms with Crippen molar-refractivity contribution in [3.05, 3.63) is 53.7 Å². The van der Waals surface area contributed by atoms with Gasteiger partial charge in [0.2, 0.25) is 5.91 Å². The molecule has 1 N–H and O–H groups in total. The van der Waals surface area contributed by atoms with Crippen LogP contribution in [0.2, 0.25) is 0 Å². The van der Waals surface area contributed by atoms with Gasteiger partial charge in [-0.15, -0.1) is 0 Å². The van der Waals surface area contributed by atoms with Crippen molar-refractivity contribution in [1.82, 2.24) is 10.3 Å². The highest BCUT2D eigenvalue weighted by molar-refractivity contribution is 5.78. The minimum Gasteiger partial charge on any atom is -0.497 e. The molecule has 2 aromatic rings. The SMILES string of the molecule is COc1cccc(CC(=O)NCc2ccc(N3CCCC3)nc2)c1. The van der Waals surface area contributed by atoms with Crippen LogP contribution in [0.15, 0.2) is 42.6 Å². The Balaban J connectivity index is 1.50. The van der Waals surface area contributed by atoms with Crippen LogP contribution in [0.5, 0.6) is 5.75 Å². The van der Waals surface area contributed by atoms with Gasteiger partial charge in [0.1, 0.15) is 11.6 Å². The zero-order chi connectivity index (χ0) is 16.8. The van der Waals surface area contributed by atoms with E-state index in [1.54, 1.807) is 7.11 Å². The van der Waals surface area contributed by atoms with Crippen LogP contribution in [-0.2, 0) is 17.8 Å². The number of anilines is 1. The molecule has 0 unspecified atom stereocenters. The molecule has 0 atom stereocenters. The van der Waals surface area contributed by atoms with Gasteiger partial charge in [-0.25, -0.2) is 4.98 Å². The van der Waals surface area contributed by atoms with Crippen molar-refractivity contribution in [3.8, 4) is 5.75 Å². The first-order valence-corrected chi connectivity index (χ1v) is 8.34. The average Bonchev–Trinajstić information content (AvgIpc) is 3.15. The zero-order valence-electron chi connectivity index (χ0n) is 14.0. The van der Waals surface area contributed by atoms with Crippen LogP contribution in [0, 0.1) is 0 Å². The lowest BCUT2D eigenvalue weighted by Crippen LogP contribution is -2.25. The Morgan fingerprint density at radius 3 is 2.75 bits per heavy atom. The minimum absolute atomic E-state index is 0.00753. The molecule has 1 aliphatic rings. The van der Waals surface area contributed by atoms with Crippen LogP contribution in [0.3, 0.4) is 0 Å². The molecule has 0 aliphatic carbocycles. The third-order valence-electron chi connectivity index (χ3n) is 4.23. The molecular weight excluding hydrogens is 302 g/mol. The number of rotatable bonds is 6. The summed E-state index contributed by atoms with van der Waals surface area (Å²) in [6.07, 6.45) is 4.67. The van der Waals surface area contributed by atoms with Gasteiger partial charge in [-0.3, -0.25) is 4.79 Å². The van der Waals surface area contributed by atoms with Gasteiger partial charge in [-0.1, -0.05) is 18.2 Å². The molecule has 3 rings (SSSR count). The third kappa shape index (κ3) is 4.25. The Bertz CT molecular complexity index is 679. The van der Waals surface area contributed by atoms with Gasteiger partial charge in [0, 0.05) is 25.8 Å². The lowest BCUT2D eigenvalue weighted by molar-refractivity contribution is -0.120. The fourth-order valence-corrected chi connectivity index (χ4v) is 2.89. The van der Waals surface area contributed by atoms with Crippen LogP contribution in [0.4, 0.5) is 5.82 Å². The van der Waals surface area contributed by atoms with Gasteiger partial charge in [-0.05, 0) is 42.2 Å². The summed E-state index contributed by atoms with van der Waals surface area (Å²) in [5, 5.41) is 2.94.